The van der Waals surface area contributed by atoms with Gasteiger partial charge in [-0.1, -0.05) is 17.7 Å². The second kappa shape index (κ2) is 5.05. The van der Waals surface area contributed by atoms with E-state index in [2.05, 4.69) is 10.3 Å². The van der Waals surface area contributed by atoms with Crippen LogP contribution in [0.15, 0.2) is 18.3 Å². The van der Waals surface area contributed by atoms with E-state index in [0.717, 1.165) is 25.1 Å². The molecule has 5 heteroatoms. The third kappa shape index (κ3) is 3.00. The fraction of sp³-hybridized carbons (Fsp3) is 0.500. The average Bonchev–Trinajstić information content (AvgIpc) is 2.74. The van der Waals surface area contributed by atoms with E-state index in [1.54, 1.807) is 12.3 Å². The number of nitrogens with zero attached hydrogens (tertiary/aromatic N) is 1. The van der Waals surface area contributed by atoms with E-state index in [1.807, 2.05) is 6.07 Å². The topological polar surface area (TPSA) is 42.0 Å². The molecule has 1 aliphatic rings. The first kappa shape index (κ1) is 11.0. The summed E-state index contributed by atoms with van der Waals surface area (Å²) in [6.45, 7) is 1.85. The van der Waals surface area contributed by atoms with Crippen LogP contribution in [0.25, 0.3) is 0 Å². The van der Waals surface area contributed by atoms with E-state index in [9.17, 15) is 4.21 Å². The molecule has 1 fully saturated rings. The van der Waals surface area contributed by atoms with E-state index in [0.29, 0.717) is 16.2 Å². The first-order valence-corrected chi connectivity index (χ1v) is 6.70. The molecule has 1 aliphatic heterocycles. The van der Waals surface area contributed by atoms with Crippen LogP contribution in [0.4, 0.5) is 0 Å². The molecule has 3 nitrogen and oxygen atoms in total. The van der Waals surface area contributed by atoms with Crippen molar-refractivity contribution in [1.29, 1.82) is 0 Å². The van der Waals surface area contributed by atoms with Crippen LogP contribution in [0.3, 0.4) is 0 Å². The van der Waals surface area contributed by atoms with E-state index < -0.39 is 10.8 Å². The maximum Gasteiger partial charge on any atom is 0.129 e. The van der Waals surface area contributed by atoms with Crippen molar-refractivity contribution < 1.29 is 4.21 Å². The Balaban J connectivity index is 1.96. The van der Waals surface area contributed by atoms with Gasteiger partial charge in [-0.25, -0.2) is 4.98 Å². The fourth-order valence-electron chi connectivity index (χ4n) is 1.63. The van der Waals surface area contributed by atoms with Gasteiger partial charge < -0.3 is 5.32 Å². The van der Waals surface area contributed by atoms with Crippen molar-refractivity contribution in [3.05, 3.63) is 29.0 Å². The second-order valence-electron chi connectivity index (χ2n) is 3.63. The predicted octanol–water partition coefficient (Wildman–Crippen LogP) is 1.35. The second-order valence-corrected chi connectivity index (χ2v) is 5.73. The Kier molecular flexibility index (Phi) is 3.72. The number of nitrogens with one attached hydrogen (secondary N) is 1. The minimum absolute atomic E-state index is 0.292. The molecule has 2 heterocycles. The maximum absolute atomic E-state index is 11.9. The number of rotatable bonds is 3. The van der Waals surface area contributed by atoms with Crippen LogP contribution in [0.1, 0.15) is 12.0 Å². The SMILES string of the molecule is O=S(Cc1ccc(Cl)nc1)C1CCNC1. The third-order valence-corrected chi connectivity index (χ3v) is 4.47. The van der Waals surface area contributed by atoms with E-state index in [4.69, 9.17) is 11.6 Å². The standard InChI is InChI=1S/C10H13ClN2OS/c11-10-2-1-8(5-13-10)7-15(14)9-3-4-12-6-9/h1-2,5,9,12H,3-4,6-7H2. The molecule has 2 unspecified atom stereocenters. The Morgan fingerprint density at radius 2 is 2.47 bits per heavy atom. The van der Waals surface area contributed by atoms with Gasteiger partial charge in [0, 0.05) is 28.8 Å². The summed E-state index contributed by atoms with van der Waals surface area (Å²) < 4.78 is 11.9. The molecular weight excluding hydrogens is 232 g/mol. The molecule has 0 radical (unpaired) electrons. The molecule has 1 saturated heterocycles. The highest BCUT2D eigenvalue weighted by atomic mass is 35.5. The van der Waals surface area contributed by atoms with Gasteiger partial charge in [0.2, 0.25) is 0 Å². The lowest BCUT2D eigenvalue weighted by molar-refractivity contribution is 0.672. The van der Waals surface area contributed by atoms with Crippen molar-refractivity contribution in [3.8, 4) is 0 Å². The summed E-state index contributed by atoms with van der Waals surface area (Å²) in [5.74, 6) is 0.580. The van der Waals surface area contributed by atoms with E-state index >= 15 is 0 Å². The zero-order valence-electron chi connectivity index (χ0n) is 8.28. The highest BCUT2D eigenvalue weighted by Crippen LogP contribution is 2.13. The molecule has 2 rings (SSSR count). The van der Waals surface area contributed by atoms with Crippen LogP contribution in [0.5, 0.6) is 0 Å². The third-order valence-electron chi connectivity index (χ3n) is 2.48. The molecule has 0 spiro atoms. The van der Waals surface area contributed by atoms with Crippen molar-refractivity contribution in [1.82, 2.24) is 10.3 Å². The summed E-state index contributed by atoms with van der Waals surface area (Å²) in [5, 5.41) is 3.99. The van der Waals surface area contributed by atoms with Crippen molar-refractivity contribution in [2.45, 2.75) is 17.4 Å². The van der Waals surface area contributed by atoms with E-state index in [-0.39, 0.29) is 0 Å². The largest absolute Gasteiger partial charge is 0.315 e. The molecular formula is C10H13ClN2OS. The lowest BCUT2D eigenvalue weighted by atomic mass is 10.3. The molecule has 2 atom stereocenters. The van der Waals surface area contributed by atoms with Gasteiger partial charge in [-0.3, -0.25) is 4.21 Å². The predicted molar refractivity (Wildman–Crippen MR) is 62.4 cm³/mol. The van der Waals surface area contributed by atoms with Crippen molar-refractivity contribution >= 4 is 22.4 Å². The average molecular weight is 245 g/mol. The van der Waals surface area contributed by atoms with E-state index in [1.165, 1.54) is 0 Å². The number of halogens is 1. The van der Waals surface area contributed by atoms with Gasteiger partial charge >= 0.3 is 0 Å². The highest BCUT2D eigenvalue weighted by molar-refractivity contribution is 7.84. The smallest absolute Gasteiger partial charge is 0.129 e. The maximum atomic E-state index is 11.9. The lowest BCUT2D eigenvalue weighted by Crippen LogP contribution is -2.19. The lowest BCUT2D eigenvalue weighted by Gasteiger charge is -2.07. The molecule has 0 saturated carbocycles. The molecule has 1 aromatic heterocycles. The molecule has 82 valence electrons. The Hall–Kier alpha value is -0.450. The van der Waals surface area contributed by atoms with Gasteiger partial charge in [-0.2, -0.15) is 0 Å². The van der Waals surface area contributed by atoms with Gasteiger partial charge in [0.15, 0.2) is 0 Å². The molecule has 15 heavy (non-hydrogen) atoms. The summed E-state index contributed by atoms with van der Waals surface area (Å²) >= 11 is 5.68. The fourth-order valence-corrected chi connectivity index (χ4v) is 3.16. The number of hydrogen-bond donors (Lipinski definition) is 1. The zero-order chi connectivity index (χ0) is 10.7. The Morgan fingerprint density at radius 1 is 1.60 bits per heavy atom. The Bertz CT molecular complexity index is 349. The number of aromatic nitrogens is 1. The molecule has 0 bridgehead atoms. The summed E-state index contributed by atoms with van der Waals surface area (Å²) in [5.41, 5.74) is 0.990. The van der Waals surface area contributed by atoms with Crippen LogP contribution in [0.2, 0.25) is 5.15 Å². The van der Waals surface area contributed by atoms with Crippen molar-refractivity contribution in [2.24, 2.45) is 0 Å². The van der Waals surface area contributed by atoms with Gasteiger partial charge in [-0.15, -0.1) is 0 Å². The van der Waals surface area contributed by atoms with Crippen molar-refractivity contribution in [3.63, 3.8) is 0 Å². The van der Waals surface area contributed by atoms with Crippen LogP contribution >= 0.6 is 11.6 Å². The molecule has 1 aromatic rings. The van der Waals surface area contributed by atoms with Crippen LogP contribution in [-0.2, 0) is 16.6 Å². The van der Waals surface area contributed by atoms with Gasteiger partial charge in [0.1, 0.15) is 5.15 Å². The molecule has 0 aliphatic carbocycles. The Morgan fingerprint density at radius 3 is 3.07 bits per heavy atom. The highest BCUT2D eigenvalue weighted by Gasteiger charge is 2.20. The van der Waals surface area contributed by atoms with Crippen LogP contribution < -0.4 is 5.32 Å². The summed E-state index contributed by atoms with van der Waals surface area (Å²) in [4.78, 5) is 3.97. The summed E-state index contributed by atoms with van der Waals surface area (Å²) in [6.07, 6.45) is 2.70. The zero-order valence-corrected chi connectivity index (χ0v) is 9.85. The normalized spacial score (nSPS) is 22.9. The molecule has 1 N–H and O–H groups in total. The van der Waals surface area contributed by atoms with Crippen molar-refractivity contribution in [2.75, 3.05) is 13.1 Å². The summed E-state index contributed by atoms with van der Waals surface area (Å²) in [7, 11) is -0.799. The van der Waals surface area contributed by atoms with Gasteiger partial charge in [0.25, 0.3) is 0 Å². The first-order chi connectivity index (χ1) is 7.25. The molecule has 0 aromatic carbocycles. The Labute approximate surface area is 96.7 Å². The van der Waals surface area contributed by atoms with Gasteiger partial charge in [0.05, 0.1) is 5.75 Å². The molecule has 0 amide bonds. The van der Waals surface area contributed by atoms with Gasteiger partial charge in [-0.05, 0) is 24.6 Å². The number of hydrogen-bond acceptors (Lipinski definition) is 3. The van der Waals surface area contributed by atoms with Crippen LogP contribution in [0, 0.1) is 0 Å². The monoisotopic (exact) mass is 244 g/mol. The number of pyridine rings is 1. The minimum atomic E-state index is -0.799. The quantitative estimate of drug-likeness (QED) is 0.817. The summed E-state index contributed by atoms with van der Waals surface area (Å²) in [6, 6.07) is 3.62. The first-order valence-electron chi connectivity index (χ1n) is 4.94. The van der Waals surface area contributed by atoms with Crippen LogP contribution in [-0.4, -0.2) is 27.5 Å². The minimum Gasteiger partial charge on any atom is -0.315 e.